The normalized spacial score (nSPS) is 15.3. The number of methoxy groups -OCH3 is 1. The Bertz CT molecular complexity index is 905. The molecule has 0 aliphatic carbocycles. The Labute approximate surface area is 161 Å². The van der Waals surface area contributed by atoms with Crippen molar-refractivity contribution in [2.75, 3.05) is 19.1 Å². The standard InChI is InChI=1S/C20H18N2O4S/c1-13-3-5-14(6-4-13)11-17-18(23)22(20(25)27-17)12-21-16-9-7-15(8-10-16)19(24)26-2/h3-11,21H,12H2,1-2H3/b17-11+. The molecule has 0 atom stereocenters. The van der Waals surface area contributed by atoms with Crippen LogP contribution >= 0.6 is 11.8 Å². The highest BCUT2D eigenvalue weighted by molar-refractivity contribution is 8.18. The fraction of sp³-hybridized carbons (Fsp3) is 0.150. The second-order valence-corrected chi connectivity index (χ2v) is 6.92. The predicted octanol–water partition coefficient (Wildman–Crippen LogP) is 3.89. The Balaban J connectivity index is 1.65. The summed E-state index contributed by atoms with van der Waals surface area (Å²) >= 11 is 0.923. The molecule has 0 bridgehead atoms. The second-order valence-electron chi connectivity index (χ2n) is 5.92. The molecule has 0 unspecified atom stereocenters. The number of thioether (sulfide) groups is 1. The smallest absolute Gasteiger partial charge is 0.337 e. The van der Waals surface area contributed by atoms with Gasteiger partial charge in [0.05, 0.1) is 24.2 Å². The highest BCUT2D eigenvalue weighted by Crippen LogP contribution is 2.32. The fourth-order valence-electron chi connectivity index (χ4n) is 2.46. The van der Waals surface area contributed by atoms with Crippen LogP contribution in [0.15, 0.2) is 53.4 Å². The Morgan fingerprint density at radius 3 is 2.41 bits per heavy atom. The van der Waals surface area contributed by atoms with Gasteiger partial charge in [-0.25, -0.2) is 4.79 Å². The molecule has 27 heavy (non-hydrogen) atoms. The van der Waals surface area contributed by atoms with Gasteiger partial charge in [0.25, 0.3) is 11.1 Å². The summed E-state index contributed by atoms with van der Waals surface area (Å²) in [6.45, 7) is 2.04. The average Bonchev–Trinajstić information content (AvgIpc) is 2.94. The zero-order valence-corrected chi connectivity index (χ0v) is 15.7. The molecule has 1 saturated heterocycles. The number of aryl methyl sites for hydroxylation is 1. The molecule has 138 valence electrons. The minimum atomic E-state index is -0.422. The number of carbonyl (C=O) groups is 3. The van der Waals surface area contributed by atoms with Gasteiger partial charge in [0.1, 0.15) is 0 Å². The van der Waals surface area contributed by atoms with E-state index < -0.39 is 5.97 Å². The van der Waals surface area contributed by atoms with E-state index in [0.29, 0.717) is 16.2 Å². The van der Waals surface area contributed by atoms with E-state index in [4.69, 9.17) is 0 Å². The summed E-state index contributed by atoms with van der Waals surface area (Å²) in [5.41, 5.74) is 3.11. The third-order valence-corrected chi connectivity index (χ3v) is 4.90. The van der Waals surface area contributed by atoms with Gasteiger partial charge in [-0.2, -0.15) is 0 Å². The van der Waals surface area contributed by atoms with Crippen LogP contribution in [0.4, 0.5) is 10.5 Å². The van der Waals surface area contributed by atoms with Gasteiger partial charge < -0.3 is 10.1 Å². The number of anilines is 1. The van der Waals surface area contributed by atoms with Crippen molar-refractivity contribution in [3.63, 3.8) is 0 Å². The SMILES string of the molecule is COC(=O)c1ccc(NCN2C(=O)S/C(=C/c3ccc(C)cc3)C2=O)cc1. The van der Waals surface area contributed by atoms with Gasteiger partial charge in [0.2, 0.25) is 0 Å². The van der Waals surface area contributed by atoms with E-state index in [0.717, 1.165) is 27.8 Å². The summed E-state index contributed by atoms with van der Waals surface area (Å²) in [7, 11) is 1.32. The Kier molecular flexibility index (Phi) is 5.61. The lowest BCUT2D eigenvalue weighted by molar-refractivity contribution is -0.122. The Hall–Kier alpha value is -3.06. The van der Waals surface area contributed by atoms with Crippen LogP contribution in [0.2, 0.25) is 0 Å². The van der Waals surface area contributed by atoms with Crippen molar-refractivity contribution < 1.29 is 19.1 Å². The monoisotopic (exact) mass is 382 g/mol. The highest BCUT2D eigenvalue weighted by atomic mass is 32.2. The number of rotatable bonds is 5. The van der Waals surface area contributed by atoms with Gasteiger partial charge in [-0.15, -0.1) is 0 Å². The van der Waals surface area contributed by atoms with Crippen molar-refractivity contribution in [3.8, 4) is 0 Å². The van der Waals surface area contributed by atoms with E-state index in [1.54, 1.807) is 30.3 Å². The molecular weight excluding hydrogens is 364 g/mol. The fourth-order valence-corrected chi connectivity index (χ4v) is 3.30. The van der Waals surface area contributed by atoms with Crippen molar-refractivity contribution in [1.82, 2.24) is 4.90 Å². The summed E-state index contributed by atoms with van der Waals surface area (Å²) < 4.78 is 4.65. The topological polar surface area (TPSA) is 75.7 Å². The predicted molar refractivity (Wildman–Crippen MR) is 105 cm³/mol. The Morgan fingerprint density at radius 1 is 1.11 bits per heavy atom. The summed E-state index contributed by atoms with van der Waals surface area (Å²) in [5, 5.41) is 2.69. The molecule has 0 radical (unpaired) electrons. The lowest BCUT2D eigenvalue weighted by atomic mass is 10.1. The first-order valence-electron chi connectivity index (χ1n) is 8.22. The van der Waals surface area contributed by atoms with Gasteiger partial charge in [-0.05, 0) is 54.6 Å². The first-order valence-corrected chi connectivity index (χ1v) is 9.04. The molecule has 2 aromatic carbocycles. The van der Waals surface area contributed by atoms with Crippen LogP contribution in [0, 0.1) is 6.92 Å². The number of hydrogen-bond donors (Lipinski definition) is 1. The van der Waals surface area contributed by atoms with Crippen LogP contribution in [-0.2, 0) is 9.53 Å². The van der Waals surface area contributed by atoms with Crippen LogP contribution in [0.3, 0.4) is 0 Å². The van der Waals surface area contributed by atoms with Gasteiger partial charge in [-0.3, -0.25) is 14.5 Å². The summed E-state index contributed by atoms with van der Waals surface area (Å²) in [4.78, 5) is 37.7. The van der Waals surface area contributed by atoms with E-state index >= 15 is 0 Å². The molecule has 6 nitrogen and oxygen atoms in total. The summed E-state index contributed by atoms with van der Waals surface area (Å²) in [6, 6.07) is 14.3. The molecule has 0 saturated carbocycles. The molecule has 2 amide bonds. The van der Waals surface area contributed by atoms with Crippen LogP contribution < -0.4 is 5.32 Å². The quantitative estimate of drug-likeness (QED) is 0.625. The zero-order chi connectivity index (χ0) is 19.4. The molecule has 1 heterocycles. The molecule has 0 spiro atoms. The Morgan fingerprint density at radius 2 is 1.78 bits per heavy atom. The average molecular weight is 382 g/mol. The first-order chi connectivity index (χ1) is 13.0. The molecule has 1 aliphatic heterocycles. The van der Waals surface area contributed by atoms with Gasteiger partial charge in [0, 0.05) is 5.69 Å². The number of ether oxygens (including phenoxy) is 1. The number of esters is 1. The van der Waals surface area contributed by atoms with Gasteiger partial charge in [-0.1, -0.05) is 29.8 Å². The van der Waals surface area contributed by atoms with Crippen molar-refractivity contribution in [2.24, 2.45) is 0 Å². The minimum Gasteiger partial charge on any atom is -0.465 e. The number of imide groups is 1. The largest absolute Gasteiger partial charge is 0.465 e. The number of amides is 2. The van der Waals surface area contributed by atoms with Gasteiger partial charge >= 0.3 is 5.97 Å². The van der Waals surface area contributed by atoms with Crippen LogP contribution in [-0.4, -0.2) is 35.8 Å². The molecule has 1 fully saturated rings. The number of carbonyl (C=O) groups excluding carboxylic acids is 3. The third-order valence-electron chi connectivity index (χ3n) is 4.00. The molecule has 3 rings (SSSR count). The molecule has 2 aromatic rings. The number of benzene rings is 2. The van der Waals surface area contributed by atoms with Crippen LogP contribution in [0.25, 0.3) is 6.08 Å². The highest BCUT2D eigenvalue weighted by Gasteiger charge is 2.34. The van der Waals surface area contributed by atoms with Gasteiger partial charge in [0.15, 0.2) is 0 Å². The van der Waals surface area contributed by atoms with Crippen molar-refractivity contribution >= 4 is 40.6 Å². The number of nitrogens with zero attached hydrogens (tertiary/aromatic N) is 1. The number of nitrogens with one attached hydrogen (secondary N) is 1. The second kappa shape index (κ2) is 8.09. The lowest BCUT2D eigenvalue weighted by Gasteiger charge is -2.14. The molecular formula is C20H18N2O4S. The molecule has 7 heteroatoms. The van der Waals surface area contributed by atoms with E-state index in [-0.39, 0.29) is 17.8 Å². The lowest BCUT2D eigenvalue weighted by Crippen LogP contribution is -2.33. The van der Waals surface area contributed by atoms with Crippen molar-refractivity contribution in [2.45, 2.75) is 6.92 Å². The van der Waals surface area contributed by atoms with E-state index in [2.05, 4.69) is 10.1 Å². The van der Waals surface area contributed by atoms with Crippen LogP contribution in [0.5, 0.6) is 0 Å². The molecule has 1 N–H and O–H groups in total. The summed E-state index contributed by atoms with van der Waals surface area (Å²) in [5.74, 6) is -0.752. The maximum absolute atomic E-state index is 12.5. The number of hydrogen-bond acceptors (Lipinski definition) is 6. The van der Waals surface area contributed by atoms with Crippen molar-refractivity contribution in [1.29, 1.82) is 0 Å². The van der Waals surface area contributed by atoms with E-state index in [1.165, 1.54) is 7.11 Å². The third kappa shape index (κ3) is 4.38. The maximum atomic E-state index is 12.5. The zero-order valence-electron chi connectivity index (χ0n) is 14.9. The minimum absolute atomic E-state index is 0.0491. The van der Waals surface area contributed by atoms with Crippen molar-refractivity contribution in [3.05, 3.63) is 70.1 Å². The van der Waals surface area contributed by atoms with Crippen LogP contribution in [0.1, 0.15) is 21.5 Å². The van der Waals surface area contributed by atoms with E-state index in [9.17, 15) is 14.4 Å². The summed E-state index contributed by atoms with van der Waals surface area (Å²) in [6.07, 6.45) is 1.72. The molecule has 0 aromatic heterocycles. The molecule has 1 aliphatic rings. The maximum Gasteiger partial charge on any atom is 0.337 e. The first kappa shape index (κ1) is 18.7. The van der Waals surface area contributed by atoms with E-state index in [1.807, 2.05) is 31.2 Å².